The first-order valence-corrected chi connectivity index (χ1v) is 9.64. The van der Waals surface area contributed by atoms with Crippen LogP contribution in [0.1, 0.15) is 28.9 Å². The highest BCUT2D eigenvalue weighted by atomic mass is 16.2. The highest BCUT2D eigenvalue weighted by molar-refractivity contribution is 6.03. The Morgan fingerprint density at radius 3 is 2.61 bits per heavy atom. The summed E-state index contributed by atoms with van der Waals surface area (Å²) >= 11 is 0. The van der Waals surface area contributed by atoms with Gasteiger partial charge in [-0.25, -0.2) is 9.50 Å². The molecule has 28 heavy (non-hydrogen) atoms. The summed E-state index contributed by atoms with van der Waals surface area (Å²) in [6, 6.07) is 9.80. The number of amides is 1. The number of nitrogens with one attached hydrogen (secondary N) is 1. The van der Waals surface area contributed by atoms with Crippen LogP contribution < -0.4 is 10.2 Å². The number of aryl methyl sites for hydroxylation is 2. The largest absolute Gasteiger partial charge is 0.367 e. The number of anilines is 2. The molecule has 1 amide bonds. The van der Waals surface area contributed by atoms with Crippen LogP contribution in [0.2, 0.25) is 0 Å². The highest BCUT2D eigenvalue weighted by Crippen LogP contribution is 2.27. The first-order chi connectivity index (χ1) is 13.5. The SMILES string of the molecule is CCN1CCN(c2ccccc2NC(=O)c2nc3nc(C)cc(C)n3n2)CC1. The maximum absolute atomic E-state index is 12.8. The second-order valence-electron chi connectivity index (χ2n) is 7.08. The van der Waals surface area contributed by atoms with Gasteiger partial charge in [0.2, 0.25) is 5.82 Å². The van der Waals surface area contributed by atoms with Gasteiger partial charge in [0.1, 0.15) is 0 Å². The van der Waals surface area contributed by atoms with Crippen LogP contribution in [0, 0.1) is 13.8 Å². The number of piperazine rings is 1. The molecule has 8 heteroatoms. The predicted octanol–water partition coefficient (Wildman–Crippen LogP) is 2.14. The van der Waals surface area contributed by atoms with E-state index in [0.29, 0.717) is 5.78 Å². The molecule has 1 N–H and O–H groups in total. The Morgan fingerprint density at radius 1 is 1.11 bits per heavy atom. The molecule has 4 rings (SSSR count). The average molecular weight is 379 g/mol. The van der Waals surface area contributed by atoms with Crippen molar-refractivity contribution in [3.63, 3.8) is 0 Å². The first kappa shape index (κ1) is 18.4. The highest BCUT2D eigenvalue weighted by Gasteiger charge is 2.21. The summed E-state index contributed by atoms with van der Waals surface area (Å²) in [5, 5.41) is 7.31. The minimum absolute atomic E-state index is 0.117. The van der Waals surface area contributed by atoms with Gasteiger partial charge in [-0.1, -0.05) is 19.1 Å². The predicted molar refractivity (Wildman–Crippen MR) is 109 cm³/mol. The standard InChI is InChI=1S/C20H25N7O/c1-4-25-9-11-26(12-10-25)17-8-6-5-7-16(17)22-19(28)18-23-20-21-14(2)13-15(3)27(20)24-18/h5-8,13H,4,9-12H2,1-3H3,(H,22,28). The summed E-state index contributed by atoms with van der Waals surface area (Å²) in [6.45, 7) is 11.0. The Bertz CT molecular complexity index is 1000. The number of benzene rings is 1. The molecule has 0 saturated carbocycles. The van der Waals surface area contributed by atoms with E-state index in [1.54, 1.807) is 4.52 Å². The lowest BCUT2D eigenvalue weighted by Gasteiger charge is -2.36. The maximum Gasteiger partial charge on any atom is 0.295 e. The summed E-state index contributed by atoms with van der Waals surface area (Å²) in [7, 11) is 0. The first-order valence-electron chi connectivity index (χ1n) is 9.64. The summed E-state index contributed by atoms with van der Waals surface area (Å²) in [5.74, 6) is 0.223. The fourth-order valence-corrected chi connectivity index (χ4v) is 3.60. The molecule has 0 radical (unpaired) electrons. The normalized spacial score (nSPS) is 15.2. The van der Waals surface area contributed by atoms with Crippen molar-refractivity contribution < 1.29 is 4.79 Å². The molecule has 1 fully saturated rings. The van der Waals surface area contributed by atoms with E-state index in [0.717, 1.165) is 55.5 Å². The average Bonchev–Trinajstić information content (AvgIpc) is 3.13. The van der Waals surface area contributed by atoms with Crippen molar-refractivity contribution in [1.82, 2.24) is 24.5 Å². The fourth-order valence-electron chi connectivity index (χ4n) is 3.60. The number of aromatic nitrogens is 4. The van der Waals surface area contributed by atoms with Gasteiger partial charge in [-0.3, -0.25) is 4.79 Å². The monoisotopic (exact) mass is 379 g/mol. The van der Waals surface area contributed by atoms with Crippen molar-refractivity contribution in [2.75, 3.05) is 42.9 Å². The van der Waals surface area contributed by atoms with Gasteiger partial charge in [-0.15, -0.1) is 5.10 Å². The number of likely N-dealkylation sites (N-methyl/N-ethyl adjacent to an activating group) is 1. The van der Waals surface area contributed by atoms with Gasteiger partial charge in [0.25, 0.3) is 11.7 Å². The number of hydrogen-bond donors (Lipinski definition) is 1. The fraction of sp³-hybridized carbons (Fsp3) is 0.400. The van der Waals surface area contributed by atoms with Gasteiger partial charge < -0.3 is 15.1 Å². The van der Waals surface area contributed by atoms with Crippen LogP contribution in [0.4, 0.5) is 11.4 Å². The maximum atomic E-state index is 12.8. The second kappa shape index (κ2) is 7.55. The number of nitrogens with zero attached hydrogens (tertiary/aromatic N) is 6. The van der Waals surface area contributed by atoms with Crippen LogP contribution in [-0.2, 0) is 0 Å². The Kier molecular flexibility index (Phi) is 4.95. The lowest BCUT2D eigenvalue weighted by Crippen LogP contribution is -2.46. The van der Waals surface area contributed by atoms with E-state index in [-0.39, 0.29) is 11.7 Å². The van der Waals surface area contributed by atoms with Crippen molar-refractivity contribution in [2.24, 2.45) is 0 Å². The van der Waals surface area contributed by atoms with Crippen molar-refractivity contribution in [3.05, 3.63) is 47.5 Å². The third-order valence-electron chi connectivity index (χ3n) is 5.13. The number of rotatable bonds is 4. The molecule has 1 aliphatic heterocycles. The molecule has 0 aliphatic carbocycles. The zero-order chi connectivity index (χ0) is 19.7. The number of carbonyl (C=O) groups is 1. The zero-order valence-corrected chi connectivity index (χ0v) is 16.5. The quantitative estimate of drug-likeness (QED) is 0.748. The van der Waals surface area contributed by atoms with E-state index in [1.165, 1.54) is 0 Å². The lowest BCUT2D eigenvalue weighted by molar-refractivity contribution is 0.101. The van der Waals surface area contributed by atoms with Crippen LogP contribution in [0.3, 0.4) is 0 Å². The van der Waals surface area contributed by atoms with E-state index in [2.05, 4.69) is 37.1 Å². The van der Waals surface area contributed by atoms with E-state index in [9.17, 15) is 4.79 Å². The Labute approximate surface area is 164 Å². The minimum Gasteiger partial charge on any atom is -0.367 e. The van der Waals surface area contributed by atoms with Crippen LogP contribution in [0.15, 0.2) is 30.3 Å². The third-order valence-corrected chi connectivity index (χ3v) is 5.13. The molecule has 1 aliphatic rings. The van der Waals surface area contributed by atoms with Crippen molar-refractivity contribution in [2.45, 2.75) is 20.8 Å². The molecule has 1 aromatic carbocycles. The molecule has 8 nitrogen and oxygen atoms in total. The van der Waals surface area contributed by atoms with Gasteiger partial charge in [-0.05, 0) is 38.6 Å². The number of fused-ring (bicyclic) bond motifs is 1. The molecule has 3 aromatic rings. The zero-order valence-electron chi connectivity index (χ0n) is 16.5. The van der Waals surface area contributed by atoms with Crippen LogP contribution in [-0.4, -0.2) is 63.1 Å². The van der Waals surface area contributed by atoms with E-state index >= 15 is 0 Å². The molecule has 2 aromatic heterocycles. The number of carbonyl (C=O) groups excluding carboxylic acids is 1. The summed E-state index contributed by atoms with van der Waals surface area (Å²) < 4.78 is 1.60. The molecular weight excluding hydrogens is 354 g/mol. The lowest BCUT2D eigenvalue weighted by atomic mass is 10.2. The van der Waals surface area contributed by atoms with Gasteiger partial charge in [0, 0.05) is 37.6 Å². The van der Waals surface area contributed by atoms with Crippen molar-refractivity contribution >= 4 is 23.1 Å². The van der Waals surface area contributed by atoms with Crippen LogP contribution >= 0.6 is 0 Å². The Balaban J connectivity index is 1.56. The summed E-state index contributed by atoms with van der Waals surface area (Å²) in [6.07, 6.45) is 0. The molecule has 0 unspecified atom stereocenters. The Morgan fingerprint density at radius 2 is 1.86 bits per heavy atom. The van der Waals surface area contributed by atoms with E-state index in [4.69, 9.17) is 0 Å². The number of hydrogen-bond acceptors (Lipinski definition) is 6. The molecule has 0 bridgehead atoms. The van der Waals surface area contributed by atoms with E-state index < -0.39 is 0 Å². The second-order valence-corrected chi connectivity index (χ2v) is 7.08. The third kappa shape index (κ3) is 3.55. The van der Waals surface area contributed by atoms with Crippen molar-refractivity contribution in [3.8, 4) is 0 Å². The molecule has 0 atom stereocenters. The topological polar surface area (TPSA) is 78.7 Å². The van der Waals surface area contributed by atoms with E-state index in [1.807, 2.05) is 44.2 Å². The molecular formula is C20H25N7O. The number of para-hydroxylation sites is 2. The molecule has 3 heterocycles. The Hall–Kier alpha value is -3.00. The minimum atomic E-state index is -0.331. The van der Waals surface area contributed by atoms with Gasteiger partial charge in [-0.2, -0.15) is 4.98 Å². The molecule has 146 valence electrons. The smallest absolute Gasteiger partial charge is 0.295 e. The summed E-state index contributed by atoms with van der Waals surface area (Å²) in [4.78, 5) is 26.2. The van der Waals surface area contributed by atoms with Crippen LogP contribution in [0.5, 0.6) is 0 Å². The molecule has 1 saturated heterocycles. The van der Waals surface area contributed by atoms with Crippen molar-refractivity contribution in [1.29, 1.82) is 0 Å². The summed E-state index contributed by atoms with van der Waals surface area (Å²) in [5.41, 5.74) is 3.54. The van der Waals surface area contributed by atoms with Gasteiger partial charge in [0.05, 0.1) is 11.4 Å². The van der Waals surface area contributed by atoms with Crippen LogP contribution in [0.25, 0.3) is 5.78 Å². The van der Waals surface area contributed by atoms with Gasteiger partial charge in [0.15, 0.2) is 0 Å². The molecule has 0 spiro atoms. The van der Waals surface area contributed by atoms with Gasteiger partial charge >= 0.3 is 0 Å².